The zero-order valence-corrected chi connectivity index (χ0v) is 11.4. The molecule has 1 N–H and O–H groups in total. The molecule has 0 aliphatic carbocycles. The van der Waals surface area contributed by atoms with Gasteiger partial charge in [-0.05, 0) is 18.2 Å². The Kier molecular flexibility index (Phi) is 3.52. The van der Waals surface area contributed by atoms with Crippen LogP contribution in [0.1, 0.15) is 30.0 Å². The number of aliphatic hydroxyl groups excluding tert-OH is 1. The summed E-state index contributed by atoms with van der Waals surface area (Å²) in [6.45, 7) is 2.02. The van der Waals surface area contributed by atoms with Crippen molar-refractivity contribution in [3.05, 3.63) is 65.7 Å². The van der Waals surface area contributed by atoms with E-state index >= 15 is 0 Å². The van der Waals surface area contributed by atoms with Gasteiger partial charge in [-0.2, -0.15) is 0 Å². The molecule has 2 aromatic heterocycles. The molecule has 0 aliphatic rings. The lowest BCUT2D eigenvalue weighted by Gasteiger charge is -2.10. The second-order valence-electron chi connectivity index (χ2n) is 4.87. The number of pyridine rings is 1. The van der Waals surface area contributed by atoms with E-state index in [2.05, 4.69) is 4.98 Å². The molecule has 20 heavy (non-hydrogen) atoms. The van der Waals surface area contributed by atoms with Crippen LogP contribution >= 0.6 is 0 Å². The Bertz CT molecular complexity index is 718. The monoisotopic (exact) mass is 267 g/mol. The highest BCUT2D eigenvalue weighted by Gasteiger charge is 2.15. The van der Waals surface area contributed by atoms with Gasteiger partial charge in [0.1, 0.15) is 5.76 Å². The third kappa shape index (κ3) is 2.45. The summed E-state index contributed by atoms with van der Waals surface area (Å²) in [5.41, 5.74) is 2.71. The van der Waals surface area contributed by atoms with Crippen molar-refractivity contribution in [3.63, 3.8) is 0 Å². The molecule has 3 rings (SSSR count). The van der Waals surface area contributed by atoms with Crippen LogP contribution in [0.25, 0.3) is 10.9 Å². The van der Waals surface area contributed by atoms with Crippen molar-refractivity contribution in [3.8, 4) is 0 Å². The highest BCUT2D eigenvalue weighted by molar-refractivity contribution is 5.78. The molecule has 0 saturated carbocycles. The molecule has 2 heterocycles. The number of fused-ring (bicyclic) bond motifs is 1. The fourth-order valence-electron chi connectivity index (χ4n) is 2.46. The summed E-state index contributed by atoms with van der Waals surface area (Å²) >= 11 is 0. The van der Waals surface area contributed by atoms with Gasteiger partial charge in [0.15, 0.2) is 0 Å². The summed E-state index contributed by atoms with van der Waals surface area (Å²) < 4.78 is 5.36. The van der Waals surface area contributed by atoms with Crippen molar-refractivity contribution in [2.75, 3.05) is 0 Å². The lowest BCUT2D eigenvalue weighted by atomic mass is 10.0. The van der Waals surface area contributed by atoms with Crippen LogP contribution < -0.4 is 0 Å². The number of furan rings is 1. The molecule has 102 valence electrons. The lowest BCUT2D eigenvalue weighted by Crippen LogP contribution is -2.04. The van der Waals surface area contributed by atoms with Crippen molar-refractivity contribution in [1.29, 1.82) is 0 Å². The van der Waals surface area contributed by atoms with Gasteiger partial charge in [0.2, 0.25) is 0 Å². The van der Waals surface area contributed by atoms with E-state index in [4.69, 9.17) is 4.42 Å². The summed E-state index contributed by atoms with van der Waals surface area (Å²) in [5, 5.41) is 11.5. The summed E-state index contributed by atoms with van der Waals surface area (Å²) in [6, 6.07) is 13.8. The molecule has 3 heteroatoms. The molecule has 0 bridgehead atoms. The minimum Gasteiger partial charge on any atom is -0.469 e. The highest BCUT2D eigenvalue weighted by atomic mass is 16.3. The molecule has 1 aromatic carbocycles. The van der Waals surface area contributed by atoms with Gasteiger partial charge in [0, 0.05) is 29.5 Å². The van der Waals surface area contributed by atoms with Crippen molar-refractivity contribution in [2.24, 2.45) is 0 Å². The lowest BCUT2D eigenvalue weighted by molar-refractivity contribution is 0.175. The molecule has 0 amide bonds. The maximum absolute atomic E-state index is 10.3. The molecular formula is C17H17NO2. The minimum atomic E-state index is -0.572. The maximum atomic E-state index is 10.3. The van der Waals surface area contributed by atoms with E-state index in [1.165, 1.54) is 0 Å². The van der Waals surface area contributed by atoms with Crippen LogP contribution in [0.2, 0.25) is 0 Å². The Hall–Kier alpha value is -2.13. The number of aromatic nitrogens is 1. The molecule has 0 spiro atoms. The second kappa shape index (κ2) is 5.47. The zero-order chi connectivity index (χ0) is 13.9. The van der Waals surface area contributed by atoms with Crippen molar-refractivity contribution >= 4 is 10.9 Å². The maximum Gasteiger partial charge on any atom is 0.109 e. The van der Waals surface area contributed by atoms with Crippen molar-refractivity contribution in [1.82, 2.24) is 4.98 Å². The third-order valence-electron chi connectivity index (χ3n) is 3.52. The van der Waals surface area contributed by atoms with Crippen LogP contribution in [0.5, 0.6) is 0 Å². The molecular weight excluding hydrogens is 250 g/mol. The van der Waals surface area contributed by atoms with Crippen LogP contribution in [-0.4, -0.2) is 10.1 Å². The normalized spacial score (nSPS) is 12.7. The van der Waals surface area contributed by atoms with E-state index in [0.717, 1.165) is 34.3 Å². The fourth-order valence-corrected chi connectivity index (χ4v) is 2.46. The predicted molar refractivity (Wildman–Crippen MR) is 78.5 cm³/mol. The van der Waals surface area contributed by atoms with Crippen LogP contribution in [0.15, 0.2) is 53.1 Å². The van der Waals surface area contributed by atoms with Gasteiger partial charge < -0.3 is 9.52 Å². The first-order chi connectivity index (χ1) is 9.78. The number of aliphatic hydroxyl groups is 1. The standard InChI is InChI=1S/C17H17NO2/c1-2-17-14(9-10-20-17)16(19)11-13-8-7-12-5-3-4-6-15(12)18-13/h3-10,16,19H,2,11H2,1H3. The Morgan fingerprint density at radius 3 is 2.85 bits per heavy atom. The third-order valence-corrected chi connectivity index (χ3v) is 3.52. The van der Waals surface area contributed by atoms with Gasteiger partial charge in [0.05, 0.1) is 17.9 Å². The Balaban J connectivity index is 1.85. The smallest absolute Gasteiger partial charge is 0.109 e. The van der Waals surface area contributed by atoms with Crippen LogP contribution in [0, 0.1) is 0 Å². The Morgan fingerprint density at radius 2 is 2.00 bits per heavy atom. The summed E-state index contributed by atoms with van der Waals surface area (Å²) in [4.78, 5) is 4.59. The van der Waals surface area contributed by atoms with Gasteiger partial charge in [-0.1, -0.05) is 31.2 Å². The van der Waals surface area contributed by atoms with E-state index in [0.29, 0.717) is 6.42 Å². The number of nitrogens with zero attached hydrogens (tertiary/aromatic N) is 1. The van der Waals surface area contributed by atoms with Crippen LogP contribution in [0.4, 0.5) is 0 Å². The van der Waals surface area contributed by atoms with Crippen molar-refractivity contribution < 1.29 is 9.52 Å². The van der Waals surface area contributed by atoms with E-state index in [1.807, 2.05) is 49.4 Å². The fraction of sp³-hybridized carbons (Fsp3) is 0.235. The minimum absolute atomic E-state index is 0.497. The Labute approximate surface area is 117 Å². The van der Waals surface area contributed by atoms with Crippen LogP contribution in [0.3, 0.4) is 0 Å². The number of hydrogen-bond donors (Lipinski definition) is 1. The highest BCUT2D eigenvalue weighted by Crippen LogP contribution is 2.23. The molecule has 1 atom stereocenters. The van der Waals surface area contributed by atoms with E-state index in [-0.39, 0.29) is 0 Å². The number of aryl methyl sites for hydroxylation is 1. The second-order valence-corrected chi connectivity index (χ2v) is 4.87. The summed E-state index contributed by atoms with van der Waals surface area (Å²) in [7, 11) is 0. The molecule has 3 aromatic rings. The largest absolute Gasteiger partial charge is 0.469 e. The van der Waals surface area contributed by atoms with Gasteiger partial charge in [-0.25, -0.2) is 0 Å². The number of benzene rings is 1. The number of para-hydroxylation sites is 1. The van der Waals surface area contributed by atoms with Gasteiger partial charge >= 0.3 is 0 Å². The molecule has 0 radical (unpaired) electrons. The first kappa shape index (κ1) is 12.9. The van der Waals surface area contributed by atoms with E-state index in [9.17, 15) is 5.11 Å². The average molecular weight is 267 g/mol. The van der Waals surface area contributed by atoms with E-state index in [1.54, 1.807) is 6.26 Å². The predicted octanol–water partition coefficient (Wildman–Crippen LogP) is 3.67. The average Bonchev–Trinajstić information content (AvgIpc) is 2.95. The molecule has 3 nitrogen and oxygen atoms in total. The van der Waals surface area contributed by atoms with Crippen molar-refractivity contribution in [2.45, 2.75) is 25.9 Å². The quantitative estimate of drug-likeness (QED) is 0.784. The zero-order valence-electron chi connectivity index (χ0n) is 11.4. The SMILES string of the molecule is CCc1occc1C(O)Cc1ccc2ccccc2n1. The number of rotatable bonds is 4. The number of hydrogen-bond acceptors (Lipinski definition) is 3. The van der Waals surface area contributed by atoms with E-state index < -0.39 is 6.10 Å². The van der Waals surface area contributed by atoms with Gasteiger partial charge in [-0.3, -0.25) is 4.98 Å². The molecule has 1 unspecified atom stereocenters. The first-order valence-electron chi connectivity index (χ1n) is 6.87. The van der Waals surface area contributed by atoms with Gasteiger partial charge in [0.25, 0.3) is 0 Å². The van der Waals surface area contributed by atoms with Crippen LogP contribution in [-0.2, 0) is 12.8 Å². The summed E-state index contributed by atoms with van der Waals surface area (Å²) in [6.07, 6.45) is 2.34. The Morgan fingerprint density at radius 1 is 1.15 bits per heavy atom. The first-order valence-corrected chi connectivity index (χ1v) is 6.87. The molecule has 0 saturated heterocycles. The molecule has 0 fully saturated rings. The van der Waals surface area contributed by atoms with Gasteiger partial charge in [-0.15, -0.1) is 0 Å². The summed E-state index contributed by atoms with van der Waals surface area (Å²) in [5.74, 6) is 0.846. The topological polar surface area (TPSA) is 46.3 Å². The molecule has 0 aliphatic heterocycles.